The monoisotopic (exact) mass is 183 g/mol. The number of thiocarbonyl (C=S) groups is 1. The first-order valence-corrected chi connectivity index (χ1v) is 3.79. The van der Waals surface area contributed by atoms with Crippen LogP contribution in [-0.2, 0) is 0 Å². The van der Waals surface area contributed by atoms with E-state index in [9.17, 15) is 4.39 Å². The second kappa shape index (κ2) is 3.49. The van der Waals surface area contributed by atoms with E-state index in [1.807, 2.05) is 6.92 Å². The molecule has 4 heteroatoms. The molecule has 0 spiro atoms. The summed E-state index contributed by atoms with van der Waals surface area (Å²) < 4.78 is 12.7. The minimum Gasteiger partial charge on any atom is -0.331 e. The lowest BCUT2D eigenvalue weighted by Gasteiger charge is -2.05. The first-order chi connectivity index (χ1) is 5.59. The second-order valence-electron chi connectivity index (χ2n) is 2.41. The van der Waals surface area contributed by atoms with Gasteiger partial charge in [0.15, 0.2) is 5.11 Å². The molecule has 0 aliphatic heterocycles. The molecule has 63 valence electrons. The topological polar surface area (TPSA) is 35.8 Å². The smallest absolute Gasteiger partial charge is 0.189 e. The van der Waals surface area contributed by atoms with Crippen LogP contribution in [0.25, 0.3) is 0 Å². The normalized spacial score (nSPS) is 9.50. The molecule has 0 aromatic heterocycles. The van der Waals surface area contributed by atoms with Gasteiger partial charge in [-0.15, -0.1) is 0 Å². The van der Waals surface area contributed by atoms with Gasteiger partial charge in [-0.05, 0) is 36.8 Å². The van der Waals surface area contributed by atoms with Crippen molar-refractivity contribution in [3.8, 4) is 0 Å². The molecular formula is C8H8FN2S. The van der Waals surface area contributed by atoms with Crippen LogP contribution < -0.4 is 11.1 Å². The van der Waals surface area contributed by atoms with E-state index in [1.165, 1.54) is 12.1 Å². The summed E-state index contributed by atoms with van der Waals surface area (Å²) in [6, 6.07) is 4.32. The Morgan fingerprint density at radius 2 is 2.25 bits per heavy atom. The average molecular weight is 183 g/mol. The second-order valence-corrected chi connectivity index (χ2v) is 2.82. The standard InChI is InChI=1S/C8H8FN2S/c1-5-2-3-6(9)4-7(5)11-8(10)12/h2-4,10H,1H3,(H,11,12). The molecule has 0 heterocycles. The molecule has 0 unspecified atom stereocenters. The highest BCUT2D eigenvalue weighted by Crippen LogP contribution is 2.15. The van der Waals surface area contributed by atoms with E-state index in [-0.39, 0.29) is 10.9 Å². The Morgan fingerprint density at radius 3 is 2.83 bits per heavy atom. The van der Waals surface area contributed by atoms with Crippen LogP contribution in [0.15, 0.2) is 18.2 Å². The Morgan fingerprint density at radius 1 is 1.58 bits per heavy atom. The number of hydrogen-bond donors (Lipinski definition) is 1. The van der Waals surface area contributed by atoms with Gasteiger partial charge in [-0.25, -0.2) is 4.39 Å². The van der Waals surface area contributed by atoms with Crippen molar-refractivity contribution in [3.63, 3.8) is 0 Å². The highest BCUT2D eigenvalue weighted by Gasteiger charge is 1.99. The Hall–Kier alpha value is -1.16. The van der Waals surface area contributed by atoms with Crippen molar-refractivity contribution in [3.05, 3.63) is 29.6 Å². The fourth-order valence-corrected chi connectivity index (χ4v) is 0.961. The molecule has 0 atom stereocenters. The van der Waals surface area contributed by atoms with E-state index in [0.29, 0.717) is 5.69 Å². The van der Waals surface area contributed by atoms with Crippen LogP contribution in [0.2, 0.25) is 0 Å². The van der Waals surface area contributed by atoms with Gasteiger partial charge < -0.3 is 5.32 Å². The lowest BCUT2D eigenvalue weighted by molar-refractivity contribution is 0.628. The lowest BCUT2D eigenvalue weighted by Crippen LogP contribution is -2.10. The molecule has 1 aromatic rings. The van der Waals surface area contributed by atoms with Crippen LogP contribution in [0.5, 0.6) is 0 Å². The van der Waals surface area contributed by atoms with Gasteiger partial charge >= 0.3 is 0 Å². The van der Waals surface area contributed by atoms with Crippen LogP contribution >= 0.6 is 12.2 Å². The molecule has 0 aliphatic rings. The van der Waals surface area contributed by atoms with Crippen molar-refractivity contribution in [2.24, 2.45) is 0 Å². The quantitative estimate of drug-likeness (QED) is 0.677. The molecule has 0 fully saturated rings. The van der Waals surface area contributed by atoms with E-state index >= 15 is 0 Å². The number of anilines is 1. The molecule has 2 N–H and O–H groups in total. The van der Waals surface area contributed by atoms with Crippen molar-refractivity contribution in [2.45, 2.75) is 6.92 Å². The molecule has 0 bridgehead atoms. The van der Waals surface area contributed by atoms with Crippen molar-refractivity contribution in [2.75, 3.05) is 5.32 Å². The first kappa shape index (κ1) is 8.93. The van der Waals surface area contributed by atoms with Gasteiger partial charge in [0, 0.05) is 5.69 Å². The lowest BCUT2D eigenvalue weighted by atomic mass is 10.2. The van der Waals surface area contributed by atoms with Gasteiger partial charge in [-0.3, -0.25) is 5.73 Å². The SMILES string of the molecule is Cc1ccc(F)cc1NC([NH])=S. The van der Waals surface area contributed by atoms with Crippen molar-refractivity contribution >= 4 is 23.0 Å². The Labute approximate surface area is 75.6 Å². The molecule has 1 radical (unpaired) electrons. The molecule has 1 rings (SSSR count). The number of rotatable bonds is 1. The number of nitrogens with one attached hydrogen (secondary N) is 2. The summed E-state index contributed by atoms with van der Waals surface area (Å²) in [7, 11) is 0. The van der Waals surface area contributed by atoms with Crippen LogP contribution in [-0.4, -0.2) is 5.11 Å². The van der Waals surface area contributed by atoms with E-state index in [4.69, 9.17) is 5.73 Å². The molecule has 0 saturated heterocycles. The molecular weight excluding hydrogens is 175 g/mol. The summed E-state index contributed by atoms with van der Waals surface area (Å²) >= 11 is 4.51. The molecule has 12 heavy (non-hydrogen) atoms. The highest BCUT2D eigenvalue weighted by molar-refractivity contribution is 7.80. The molecule has 0 amide bonds. The molecule has 0 aliphatic carbocycles. The fraction of sp³-hybridized carbons (Fsp3) is 0.125. The minimum absolute atomic E-state index is 0.108. The maximum atomic E-state index is 12.7. The number of hydrogen-bond acceptors (Lipinski definition) is 1. The Balaban J connectivity index is 2.97. The Kier molecular flexibility index (Phi) is 2.60. The van der Waals surface area contributed by atoms with E-state index in [0.717, 1.165) is 5.56 Å². The maximum absolute atomic E-state index is 12.7. The first-order valence-electron chi connectivity index (χ1n) is 3.38. The number of aryl methyl sites for hydroxylation is 1. The van der Waals surface area contributed by atoms with E-state index < -0.39 is 0 Å². The zero-order valence-electron chi connectivity index (χ0n) is 6.52. The van der Waals surface area contributed by atoms with Gasteiger partial charge in [0.1, 0.15) is 5.82 Å². The zero-order chi connectivity index (χ0) is 9.14. The third kappa shape index (κ3) is 2.17. The summed E-state index contributed by atoms with van der Waals surface area (Å²) in [6.45, 7) is 1.82. The Bertz CT molecular complexity index is 312. The molecule has 2 nitrogen and oxygen atoms in total. The number of benzene rings is 1. The predicted octanol–water partition coefficient (Wildman–Crippen LogP) is 2.11. The number of halogens is 1. The summed E-state index contributed by atoms with van der Waals surface area (Å²) in [4.78, 5) is 0. The van der Waals surface area contributed by atoms with Gasteiger partial charge in [-0.2, -0.15) is 0 Å². The molecule has 1 aromatic carbocycles. The van der Waals surface area contributed by atoms with Crippen molar-refractivity contribution in [1.29, 1.82) is 0 Å². The van der Waals surface area contributed by atoms with Gasteiger partial charge in [0.05, 0.1) is 0 Å². The average Bonchev–Trinajstić information content (AvgIpc) is 1.96. The van der Waals surface area contributed by atoms with Crippen LogP contribution in [0, 0.1) is 12.7 Å². The van der Waals surface area contributed by atoms with Gasteiger partial charge in [0.25, 0.3) is 0 Å². The van der Waals surface area contributed by atoms with Gasteiger partial charge in [0.2, 0.25) is 0 Å². The summed E-state index contributed by atoms with van der Waals surface area (Å²) in [6.07, 6.45) is 0. The van der Waals surface area contributed by atoms with Crippen LogP contribution in [0.3, 0.4) is 0 Å². The highest BCUT2D eigenvalue weighted by atomic mass is 32.1. The summed E-state index contributed by atoms with van der Waals surface area (Å²) in [5, 5.41) is 2.46. The fourth-order valence-electron chi connectivity index (χ4n) is 0.851. The van der Waals surface area contributed by atoms with E-state index in [1.54, 1.807) is 6.07 Å². The van der Waals surface area contributed by atoms with Crippen LogP contribution in [0.1, 0.15) is 5.56 Å². The minimum atomic E-state index is -0.334. The third-order valence-corrected chi connectivity index (χ3v) is 1.55. The maximum Gasteiger partial charge on any atom is 0.189 e. The largest absolute Gasteiger partial charge is 0.331 e. The summed E-state index contributed by atoms with van der Waals surface area (Å²) in [5.41, 5.74) is 8.40. The van der Waals surface area contributed by atoms with Gasteiger partial charge in [-0.1, -0.05) is 6.07 Å². The van der Waals surface area contributed by atoms with E-state index in [2.05, 4.69) is 17.5 Å². The van der Waals surface area contributed by atoms with Crippen molar-refractivity contribution in [1.82, 2.24) is 5.73 Å². The summed E-state index contributed by atoms with van der Waals surface area (Å²) in [5.74, 6) is -0.334. The predicted molar refractivity (Wildman–Crippen MR) is 50.5 cm³/mol. The van der Waals surface area contributed by atoms with Crippen molar-refractivity contribution < 1.29 is 4.39 Å². The third-order valence-electron chi connectivity index (χ3n) is 1.45. The molecule has 0 saturated carbocycles. The zero-order valence-corrected chi connectivity index (χ0v) is 7.33. The van der Waals surface area contributed by atoms with Crippen LogP contribution in [0.4, 0.5) is 10.1 Å².